The average molecular weight is 256 g/mol. The first-order valence-electron chi connectivity index (χ1n) is 6.69. The van der Waals surface area contributed by atoms with E-state index >= 15 is 0 Å². The third-order valence-corrected chi connectivity index (χ3v) is 4.94. The molecule has 3 atom stereocenters. The number of aliphatic imine (C=N–C) groups is 1. The Kier molecular flexibility index (Phi) is 4.36. The lowest BCUT2D eigenvalue weighted by molar-refractivity contribution is 0.182. The molecule has 3 unspecified atom stereocenters. The summed E-state index contributed by atoms with van der Waals surface area (Å²) >= 11 is 1.87. The van der Waals surface area contributed by atoms with E-state index in [0.717, 1.165) is 31.2 Å². The lowest BCUT2D eigenvalue weighted by Crippen LogP contribution is -2.48. The van der Waals surface area contributed by atoms with Gasteiger partial charge in [-0.15, -0.1) is 0 Å². The maximum Gasteiger partial charge on any atom is 0.157 e. The topological polar surface area (TPSA) is 33.6 Å². The third-order valence-electron chi connectivity index (χ3n) is 4.05. The van der Waals surface area contributed by atoms with Gasteiger partial charge in [0, 0.05) is 23.8 Å². The fourth-order valence-corrected chi connectivity index (χ4v) is 3.59. The zero-order valence-electron chi connectivity index (χ0n) is 11.2. The number of rotatable bonds is 3. The molecule has 98 valence electrons. The summed E-state index contributed by atoms with van der Waals surface area (Å²) in [6.07, 6.45) is 3.55. The van der Waals surface area contributed by atoms with Crippen LogP contribution in [0.2, 0.25) is 0 Å². The van der Waals surface area contributed by atoms with E-state index in [-0.39, 0.29) is 5.54 Å². The molecule has 0 spiro atoms. The molecule has 0 radical (unpaired) electrons. The molecule has 2 fully saturated rings. The number of hydrogen-bond acceptors (Lipinski definition) is 3. The molecule has 2 rings (SSSR count). The van der Waals surface area contributed by atoms with Gasteiger partial charge in [-0.3, -0.25) is 4.99 Å². The number of nitrogens with zero attached hydrogens (tertiary/aromatic N) is 1. The predicted octanol–water partition coefficient (Wildman–Crippen LogP) is 2.66. The highest BCUT2D eigenvalue weighted by atomic mass is 32.2. The van der Waals surface area contributed by atoms with Crippen LogP contribution in [0.5, 0.6) is 0 Å². The largest absolute Gasteiger partial charge is 0.381 e. The Balaban J connectivity index is 1.96. The van der Waals surface area contributed by atoms with Crippen LogP contribution in [0, 0.1) is 5.92 Å². The second-order valence-corrected chi connectivity index (χ2v) is 6.52. The van der Waals surface area contributed by atoms with E-state index < -0.39 is 0 Å². The minimum absolute atomic E-state index is 0.246. The van der Waals surface area contributed by atoms with Crippen molar-refractivity contribution in [1.82, 2.24) is 5.32 Å². The first kappa shape index (κ1) is 13.2. The molecule has 1 N–H and O–H groups in total. The van der Waals surface area contributed by atoms with Gasteiger partial charge in [0.1, 0.15) is 0 Å². The summed E-state index contributed by atoms with van der Waals surface area (Å²) in [6, 6.07) is 0.381. The van der Waals surface area contributed by atoms with Gasteiger partial charge in [0.15, 0.2) is 5.17 Å². The molecule has 2 saturated heterocycles. The van der Waals surface area contributed by atoms with Crippen LogP contribution in [-0.4, -0.2) is 35.7 Å². The number of thioether (sulfide) groups is 1. The lowest BCUT2D eigenvalue weighted by Gasteiger charge is -2.35. The van der Waals surface area contributed by atoms with Crippen LogP contribution in [0.3, 0.4) is 0 Å². The molecular formula is C13H24N2OS. The van der Waals surface area contributed by atoms with E-state index in [9.17, 15) is 0 Å². The van der Waals surface area contributed by atoms with Crippen molar-refractivity contribution >= 4 is 16.9 Å². The first-order valence-corrected chi connectivity index (χ1v) is 7.68. The van der Waals surface area contributed by atoms with Gasteiger partial charge in [-0.1, -0.05) is 18.7 Å². The Hall–Kier alpha value is -0.220. The fourth-order valence-electron chi connectivity index (χ4n) is 2.29. The van der Waals surface area contributed by atoms with Gasteiger partial charge < -0.3 is 10.1 Å². The molecule has 2 heterocycles. The molecular weight excluding hydrogens is 232 g/mol. The van der Waals surface area contributed by atoms with E-state index in [1.807, 2.05) is 11.8 Å². The second-order valence-electron chi connectivity index (χ2n) is 5.44. The van der Waals surface area contributed by atoms with E-state index in [1.54, 1.807) is 0 Å². The van der Waals surface area contributed by atoms with Crippen molar-refractivity contribution in [1.29, 1.82) is 0 Å². The van der Waals surface area contributed by atoms with Crippen LogP contribution < -0.4 is 5.32 Å². The summed E-state index contributed by atoms with van der Waals surface area (Å²) in [5, 5.41) is 4.74. The highest BCUT2D eigenvalue weighted by molar-refractivity contribution is 8.13. The lowest BCUT2D eigenvalue weighted by atomic mass is 9.96. The summed E-state index contributed by atoms with van der Waals surface area (Å²) in [4.78, 5) is 4.85. The highest BCUT2D eigenvalue weighted by Gasteiger charge is 2.29. The van der Waals surface area contributed by atoms with Crippen LogP contribution >= 0.6 is 11.8 Å². The zero-order valence-corrected chi connectivity index (χ0v) is 12.0. The smallest absolute Gasteiger partial charge is 0.157 e. The predicted molar refractivity (Wildman–Crippen MR) is 74.7 cm³/mol. The quantitative estimate of drug-likeness (QED) is 0.843. The SMILES string of the molecule is CCC1(C)CCSC(=NC(C)C2CCOC2)N1. The molecule has 2 aliphatic heterocycles. The van der Waals surface area contributed by atoms with Gasteiger partial charge in [0.2, 0.25) is 0 Å². The van der Waals surface area contributed by atoms with E-state index in [2.05, 4.69) is 26.1 Å². The molecule has 0 saturated carbocycles. The summed E-state index contributed by atoms with van der Waals surface area (Å²) in [7, 11) is 0. The van der Waals surface area contributed by atoms with Gasteiger partial charge in [-0.2, -0.15) is 0 Å². The molecule has 3 nitrogen and oxygen atoms in total. The Morgan fingerprint density at radius 1 is 1.65 bits per heavy atom. The molecule has 2 aliphatic rings. The highest BCUT2D eigenvalue weighted by Crippen LogP contribution is 2.26. The molecule has 4 heteroatoms. The van der Waals surface area contributed by atoms with Gasteiger partial charge in [-0.05, 0) is 33.1 Å². The molecule has 0 aliphatic carbocycles. The van der Waals surface area contributed by atoms with Crippen molar-refractivity contribution in [3.05, 3.63) is 0 Å². The normalized spacial score (nSPS) is 38.1. The molecule has 0 amide bonds. The van der Waals surface area contributed by atoms with Crippen molar-refractivity contribution in [3.8, 4) is 0 Å². The van der Waals surface area contributed by atoms with Crippen LogP contribution in [0.25, 0.3) is 0 Å². The van der Waals surface area contributed by atoms with Gasteiger partial charge >= 0.3 is 0 Å². The molecule has 0 aromatic rings. The van der Waals surface area contributed by atoms with Crippen LogP contribution in [0.15, 0.2) is 4.99 Å². The van der Waals surface area contributed by atoms with Crippen molar-refractivity contribution in [2.24, 2.45) is 10.9 Å². The molecule has 0 aromatic heterocycles. The Bertz CT molecular complexity index is 289. The van der Waals surface area contributed by atoms with Gasteiger partial charge in [0.25, 0.3) is 0 Å². The minimum atomic E-state index is 0.246. The number of nitrogens with one attached hydrogen (secondary N) is 1. The summed E-state index contributed by atoms with van der Waals surface area (Å²) < 4.78 is 5.43. The summed E-state index contributed by atoms with van der Waals surface area (Å²) in [6.45, 7) is 8.55. The first-order chi connectivity index (χ1) is 8.13. The van der Waals surface area contributed by atoms with Gasteiger partial charge in [-0.25, -0.2) is 0 Å². The Labute approximate surface area is 109 Å². The number of hydrogen-bond donors (Lipinski definition) is 1. The Morgan fingerprint density at radius 2 is 2.47 bits per heavy atom. The van der Waals surface area contributed by atoms with Gasteiger partial charge in [0.05, 0.1) is 12.6 Å². The van der Waals surface area contributed by atoms with E-state index in [4.69, 9.17) is 9.73 Å². The van der Waals surface area contributed by atoms with Crippen LogP contribution in [-0.2, 0) is 4.74 Å². The summed E-state index contributed by atoms with van der Waals surface area (Å²) in [5.41, 5.74) is 0.246. The van der Waals surface area contributed by atoms with Crippen molar-refractivity contribution in [3.63, 3.8) is 0 Å². The van der Waals surface area contributed by atoms with Crippen LogP contribution in [0.4, 0.5) is 0 Å². The van der Waals surface area contributed by atoms with Crippen molar-refractivity contribution in [2.75, 3.05) is 19.0 Å². The second kappa shape index (κ2) is 5.61. The molecule has 0 bridgehead atoms. The number of amidine groups is 1. The summed E-state index contributed by atoms with van der Waals surface area (Å²) in [5.74, 6) is 1.80. The van der Waals surface area contributed by atoms with Crippen LogP contribution in [0.1, 0.15) is 40.0 Å². The van der Waals surface area contributed by atoms with Crippen molar-refractivity contribution < 1.29 is 4.74 Å². The molecule has 0 aromatic carbocycles. The average Bonchev–Trinajstić information content (AvgIpc) is 2.82. The van der Waals surface area contributed by atoms with E-state index in [0.29, 0.717) is 12.0 Å². The molecule has 17 heavy (non-hydrogen) atoms. The Morgan fingerprint density at radius 3 is 3.12 bits per heavy atom. The fraction of sp³-hybridized carbons (Fsp3) is 0.923. The zero-order chi connectivity index (χ0) is 12.3. The van der Waals surface area contributed by atoms with Crippen molar-refractivity contribution in [2.45, 2.75) is 51.6 Å². The van der Waals surface area contributed by atoms with E-state index in [1.165, 1.54) is 12.2 Å². The maximum absolute atomic E-state index is 5.43. The third kappa shape index (κ3) is 3.38. The maximum atomic E-state index is 5.43. The minimum Gasteiger partial charge on any atom is -0.381 e. The number of ether oxygens (including phenoxy) is 1. The standard InChI is InChI=1S/C13H24N2OS/c1-4-13(3)6-8-17-12(15-13)14-10(2)11-5-7-16-9-11/h10-11H,4-9H2,1-3H3,(H,14,15). The monoisotopic (exact) mass is 256 g/mol.